The van der Waals surface area contributed by atoms with E-state index < -0.39 is 5.60 Å². The minimum Gasteiger partial charge on any atom is -0.444 e. The molecule has 1 aromatic rings. The van der Waals surface area contributed by atoms with Crippen molar-refractivity contribution in [2.45, 2.75) is 44.1 Å². The minimum absolute atomic E-state index is 0.0927. The highest BCUT2D eigenvalue weighted by Gasteiger charge is 2.38. The largest absolute Gasteiger partial charge is 0.444 e. The maximum atomic E-state index is 12.3. The first-order valence-electron chi connectivity index (χ1n) is 8.75. The van der Waals surface area contributed by atoms with Gasteiger partial charge in [0.05, 0.1) is 11.3 Å². The Bertz CT molecular complexity index is 765. The second-order valence-corrected chi connectivity index (χ2v) is 9.13. The van der Waals surface area contributed by atoms with Gasteiger partial charge in [0.2, 0.25) is 0 Å². The maximum absolute atomic E-state index is 12.3. The van der Waals surface area contributed by atoms with Gasteiger partial charge in [0.1, 0.15) is 5.60 Å². The number of fused-ring (bicyclic) bond motifs is 1. The number of amides is 3. The van der Waals surface area contributed by atoms with E-state index in [0.29, 0.717) is 29.0 Å². The Hall–Kier alpha value is -1.93. The SMILES string of the molecule is CC(C)(C)OC(=O)N1CCC2N=C(NC(=O)Nc3cccc(Cl)c3)SC2C1. The number of nitrogens with one attached hydrogen (secondary N) is 2. The van der Waals surface area contributed by atoms with Crippen molar-refractivity contribution in [1.29, 1.82) is 0 Å². The summed E-state index contributed by atoms with van der Waals surface area (Å²) < 4.78 is 5.44. The molecule has 2 aliphatic heterocycles. The molecule has 0 bridgehead atoms. The number of likely N-dealkylation sites (tertiary alicyclic amines) is 1. The Kier molecular flexibility index (Phi) is 5.86. The number of amidine groups is 1. The van der Waals surface area contributed by atoms with Gasteiger partial charge in [0.25, 0.3) is 0 Å². The Labute approximate surface area is 167 Å². The number of urea groups is 1. The molecule has 1 aromatic carbocycles. The van der Waals surface area contributed by atoms with Crippen molar-refractivity contribution in [3.63, 3.8) is 0 Å². The van der Waals surface area contributed by atoms with Crippen LogP contribution in [0.3, 0.4) is 0 Å². The Morgan fingerprint density at radius 2 is 2.11 bits per heavy atom. The molecule has 2 unspecified atom stereocenters. The van der Waals surface area contributed by atoms with Crippen LogP contribution in [0, 0.1) is 0 Å². The summed E-state index contributed by atoms with van der Waals surface area (Å²) in [4.78, 5) is 30.7. The fourth-order valence-electron chi connectivity index (χ4n) is 2.87. The molecule has 27 heavy (non-hydrogen) atoms. The lowest BCUT2D eigenvalue weighted by atomic mass is 10.1. The van der Waals surface area contributed by atoms with E-state index in [-0.39, 0.29) is 23.4 Å². The molecule has 146 valence electrons. The van der Waals surface area contributed by atoms with Crippen molar-refractivity contribution >= 4 is 46.3 Å². The van der Waals surface area contributed by atoms with Crippen molar-refractivity contribution in [2.24, 2.45) is 4.99 Å². The van der Waals surface area contributed by atoms with Crippen molar-refractivity contribution in [1.82, 2.24) is 10.2 Å². The molecule has 2 heterocycles. The van der Waals surface area contributed by atoms with Crippen molar-refractivity contribution in [3.8, 4) is 0 Å². The molecule has 2 N–H and O–H groups in total. The molecule has 0 aromatic heterocycles. The third-order valence-corrected chi connectivity index (χ3v) is 5.46. The summed E-state index contributed by atoms with van der Waals surface area (Å²) in [6.45, 7) is 6.71. The Balaban J connectivity index is 1.52. The summed E-state index contributed by atoms with van der Waals surface area (Å²) in [6, 6.07) is 6.65. The van der Waals surface area contributed by atoms with Crippen molar-refractivity contribution < 1.29 is 14.3 Å². The zero-order chi connectivity index (χ0) is 19.6. The number of nitrogens with zero attached hydrogens (tertiary/aromatic N) is 2. The molecule has 0 radical (unpaired) electrons. The predicted molar refractivity (Wildman–Crippen MR) is 109 cm³/mol. The van der Waals surface area contributed by atoms with Crippen LogP contribution in [0.4, 0.5) is 15.3 Å². The smallest absolute Gasteiger partial charge is 0.410 e. The number of halogens is 1. The molecule has 0 spiro atoms. The van der Waals surface area contributed by atoms with Crippen LogP contribution in [0.15, 0.2) is 29.3 Å². The normalized spacial score (nSPS) is 21.9. The Morgan fingerprint density at radius 1 is 1.33 bits per heavy atom. The fourth-order valence-corrected chi connectivity index (χ4v) is 4.31. The van der Waals surface area contributed by atoms with Gasteiger partial charge in [0.15, 0.2) is 5.17 Å². The highest BCUT2D eigenvalue weighted by Crippen LogP contribution is 2.32. The molecular weight excluding hydrogens is 388 g/mol. The van der Waals surface area contributed by atoms with Crippen LogP contribution in [0.2, 0.25) is 5.02 Å². The van der Waals surface area contributed by atoms with Gasteiger partial charge in [0, 0.05) is 23.8 Å². The molecule has 9 heteroatoms. The molecule has 3 rings (SSSR count). The van der Waals surface area contributed by atoms with Gasteiger partial charge in [-0.15, -0.1) is 0 Å². The number of aliphatic imine (C=N–C) groups is 1. The summed E-state index contributed by atoms with van der Waals surface area (Å²) in [6.07, 6.45) is 0.444. The highest BCUT2D eigenvalue weighted by molar-refractivity contribution is 8.14. The summed E-state index contributed by atoms with van der Waals surface area (Å²) in [5.74, 6) is 0. The number of rotatable bonds is 1. The first kappa shape index (κ1) is 19.8. The van der Waals surface area contributed by atoms with Crippen LogP contribution in [0.25, 0.3) is 0 Å². The topological polar surface area (TPSA) is 83.0 Å². The summed E-state index contributed by atoms with van der Waals surface area (Å²) in [5.41, 5.74) is 0.0930. The average molecular weight is 411 g/mol. The number of anilines is 1. The van der Waals surface area contributed by atoms with Crippen LogP contribution in [-0.2, 0) is 4.74 Å². The third kappa shape index (κ3) is 5.52. The van der Waals surface area contributed by atoms with Crippen LogP contribution in [0.1, 0.15) is 27.2 Å². The lowest BCUT2D eigenvalue weighted by Gasteiger charge is -2.34. The third-order valence-electron chi connectivity index (χ3n) is 4.03. The van der Waals surface area contributed by atoms with Crippen LogP contribution >= 0.6 is 23.4 Å². The molecule has 2 atom stereocenters. The van der Waals surface area contributed by atoms with Crippen LogP contribution < -0.4 is 10.6 Å². The summed E-state index contributed by atoms with van der Waals surface area (Å²) >= 11 is 7.40. The molecule has 1 saturated heterocycles. The van der Waals surface area contributed by atoms with Crippen LogP contribution in [0.5, 0.6) is 0 Å². The number of ether oxygens (including phenoxy) is 1. The predicted octanol–water partition coefficient (Wildman–Crippen LogP) is 3.94. The highest BCUT2D eigenvalue weighted by atomic mass is 35.5. The molecule has 7 nitrogen and oxygen atoms in total. The van der Waals surface area contributed by atoms with Gasteiger partial charge < -0.3 is 15.0 Å². The first-order valence-corrected chi connectivity index (χ1v) is 10.0. The van der Waals surface area contributed by atoms with Gasteiger partial charge in [-0.2, -0.15) is 0 Å². The van der Waals surface area contributed by atoms with E-state index in [9.17, 15) is 9.59 Å². The quantitative estimate of drug-likeness (QED) is 0.734. The second-order valence-electron chi connectivity index (χ2n) is 7.46. The fraction of sp³-hybridized carbons (Fsp3) is 0.500. The van der Waals surface area contributed by atoms with E-state index in [1.165, 1.54) is 11.8 Å². The van der Waals surface area contributed by atoms with Gasteiger partial charge >= 0.3 is 12.1 Å². The summed E-state index contributed by atoms with van der Waals surface area (Å²) in [7, 11) is 0. The zero-order valence-electron chi connectivity index (χ0n) is 15.5. The lowest BCUT2D eigenvalue weighted by molar-refractivity contribution is 0.0213. The molecule has 3 amide bonds. The molecule has 1 fully saturated rings. The number of hydrogen-bond acceptors (Lipinski definition) is 5. The minimum atomic E-state index is -0.515. The number of hydrogen-bond donors (Lipinski definition) is 2. The van der Waals surface area contributed by atoms with E-state index >= 15 is 0 Å². The van der Waals surface area contributed by atoms with Crippen molar-refractivity contribution in [3.05, 3.63) is 29.3 Å². The number of piperidine rings is 1. The maximum Gasteiger partial charge on any atom is 0.410 e. The van der Waals surface area contributed by atoms with Gasteiger partial charge in [-0.1, -0.05) is 29.4 Å². The van der Waals surface area contributed by atoms with E-state index in [0.717, 1.165) is 6.42 Å². The van der Waals surface area contributed by atoms with Crippen LogP contribution in [-0.4, -0.2) is 52.2 Å². The van der Waals surface area contributed by atoms with E-state index in [2.05, 4.69) is 15.6 Å². The molecule has 0 aliphatic carbocycles. The number of thioether (sulfide) groups is 1. The summed E-state index contributed by atoms with van der Waals surface area (Å²) in [5, 5.41) is 6.73. The van der Waals surface area contributed by atoms with Gasteiger partial charge in [-0.3, -0.25) is 10.3 Å². The number of benzene rings is 1. The van der Waals surface area contributed by atoms with E-state index in [4.69, 9.17) is 16.3 Å². The average Bonchev–Trinajstić information content (AvgIpc) is 2.94. The molecule has 0 saturated carbocycles. The number of carbonyl (C=O) groups is 2. The van der Waals surface area contributed by atoms with Gasteiger partial charge in [-0.25, -0.2) is 9.59 Å². The molecular formula is C18H23ClN4O3S. The zero-order valence-corrected chi connectivity index (χ0v) is 17.1. The lowest BCUT2D eigenvalue weighted by Crippen LogP contribution is -2.47. The van der Waals surface area contributed by atoms with E-state index in [1.54, 1.807) is 29.2 Å². The molecule has 2 aliphatic rings. The first-order chi connectivity index (χ1) is 12.7. The monoisotopic (exact) mass is 410 g/mol. The van der Waals surface area contributed by atoms with Gasteiger partial charge in [-0.05, 0) is 45.4 Å². The second kappa shape index (κ2) is 7.98. The number of carbonyl (C=O) groups excluding carboxylic acids is 2. The van der Waals surface area contributed by atoms with Crippen molar-refractivity contribution in [2.75, 3.05) is 18.4 Å². The Morgan fingerprint density at radius 3 is 2.81 bits per heavy atom. The van der Waals surface area contributed by atoms with E-state index in [1.807, 2.05) is 20.8 Å². The standard InChI is InChI=1S/C18H23ClN4O3S/c1-18(2,3)26-17(25)23-8-7-13-14(10-23)27-16(21-13)22-15(24)20-12-6-4-5-11(19)9-12/h4-6,9,13-14H,7-8,10H2,1-3H3,(H2,20,21,22,24).